The minimum Gasteiger partial charge on any atom is -0.456 e. The number of methoxy groups -OCH3 is 1. The van der Waals surface area contributed by atoms with Crippen molar-refractivity contribution < 1.29 is 68.6 Å². The topological polar surface area (TPSA) is 214 Å². The molecule has 3 aliphatic heterocycles. The Morgan fingerprint density at radius 2 is 1.48 bits per heavy atom. The van der Waals surface area contributed by atoms with Crippen molar-refractivity contribution >= 4 is 11.8 Å². The van der Waals surface area contributed by atoms with Gasteiger partial charge in [-0.1, -0.05) is 20.8 Å². The maximum Gasteiger partial charge on any atom is 0.311 e. The normalized spacial score (nSPS) is 49.7. The van der Waals surface area contributed by atoms with Crippen LogP contribution in [0.2, 0.25) is 0 Å². The smallest absolute Gasteiger partial charge is 0.311 e. The number of likely N-dealkylation sites (N-methyl/N-ethyl adjacent to an activating group) is 1. The largest absolute Gasteiger partial charge is 0.456 e. The average molecular weight is 750 g/mol. The number of carbonyl (C=O) groups is 2. The summed E-state index contributed by atoms with van der Waals surface area (Å²) in [4.78, 5) is 29.8. The van der Waals surface area contributed by atoms with Crippen molar-refractivity contribution in [3.05, 3.63) is 0 Å². The molecule has 0 aliphatic carbocycles. The number of aliphatic hydroxyl groups is 6. The highest BCUT2D eigenvalue weighted by Crippen LogP contribution is 2.40. The number of nitrogens with zero attached hydrogens (tertiary/aromatic N) is 1. The molecule has 0 amide bonds. The predicted molar refractivity (Wildman–Crippen MR) is 188 cm³/mol. The Bertz CT molecular complexity index is 1200. The highest BCUT2D eigenvalue weighted by Gasteiger charge is 2.54. The molecule has 0 saturated carbocycles. The van der Waals surface area contributed by atoms with Gasteiger partial charge in [0.15, 0.2) is 18.7 Å². The van der Waals surface area contributed by atoms with Crippen LogP contribution in [0.1, 0.15) is 88.5 Å². The number of rotatable bonds is 7. The van der Waals surface area contributed by atoms with Gasteiger partial charge in [0.25, 0.3) is 0 Å². The first-order valence-corrected chi connectivity index (χ1v) is 18.5. The molecule has 0 spiro atoms. The molecule has 3 heterocycles. The summed E-state index contributed by atoms with van der Waals surface area (Å²) in [5.74, 6) is -5.61. The van der Waals surface area contributed by atoms with Crippen molar-refractivity contribution in [2.24, 2.45) is 23.7 Å². The molecule has 3 aliphatic rings. The maximum atomic E-state index is 14.1. The summed E-state index contributed by atoms with van der Waals surface area (Å²) in [5, 5.41) is 68.4. The van der Waals surface area contributed by atoms with E-state index < -0.39 is 114 Å². The molecular weight excluding hydrogens is 682 g/mol. The number of hydrogen-bond donors (Lipinski definition) is 6. The monoisotopic (exact) mass is 749 g/mol. The Labute approximate surface area is 308 Å². The molecule has 6 N–H and O–H groups in total. The lowest BCUT2D eigenvalue weighted by Gasteiger charge is -2.49. The molecule has 304 valence electrons. The molecule has 52 heavy (non-hydrogen) atoms. The fourth-order valence-electron chi connectivity index (χ4n) is 8.46. The molecule has 0 aromatic heterocycles. The minimum absolute atomic E-state index is 0.0506. The summed E-state index contributed by atoms with van der Waals surface area (Å²) >= 11 is 0. The summed E-state index contributed by atoms with van der Waals surface area (Å²) in [5.41, 5.74) is -5.20. The van der Waals surface area contributed by atoms with E-state index in [1.165, 1.54) is 41.7 Å². The summed E-state index contributed by atoms with van der Waals surface area (Å²) in [6.45, 7) is 15.4. The number of ketones is 1. The first kappa shape index (κ1) is 45.1. The highest BCUT2D eigenvalue weighted by molar-refractivity contribution is 5.83. The fraction of sp³-hybridized carbons (Fsp3) is 0.946. The van der Waals surface area contributed by atoms with E-state index in [0.717, 1.165) is 0 Å². The number of aliphatic hydroxyl groups excluding tert-OH is 4. The van der Waals surface area contributed by atoms with Crippen molar-refractivity contribution in [3.8, 4) is 0 Å². The molecule has 19 atom stereocenters. The van der Waals surface area contributed by atoms with Gasteiger partial charge in [0.2, 0.25) is 0 Å². The van der Waals surface area contributed by atoms with Crippen LogP contribution in [0.25, 0.3) is 0 Å². The quantitative estimate of drug-likeness (QED) is 0.198. The Morgan fingerprint density at radius 1 is 0.885 bits per heavy atom. The molecule has 1 unspecified atom stereocenters. The van der Waals surface area contributed by atoms with Gasteiger partial charge in [-0.3, -0.25) is 9.59 Å². The van der Waals surface area contributed by atoms with Crippen LogP contribution in [-0.2, 0) is 38.0 Å². The van der Waals surface area contributed by atoms with E-state index in [9.17, 15) is 40.2 Å². The van der Waals surface area contributed by atoms with E-state index in [0.29, 0.717) is 6.42 Å². The fourth-order valence-corrected chi connectivity index (χ4v) is 8.46. The van der Waals surface area contributed by atoms with E-state index in [1.54, 1.807) is 27.7 Å². The Kier molecular flexibility index (Phi) is 14.9. The van der Waals surface area contributed by atoms with Crippen LogP contribution in [0.4, 0.5) is 0 Å². The third-order valence-corrected chi connectivity index (χ3v) is 11.8. The molecule has 0 bridgehead atoms. The van der Waals surface area contributed by atoms with E-state index in [1.807, 2.05) is 25.9 Å². The summed E-state index contributed by atoms with van der Waals surface area (Å²) < 4.78 is 36.8. The van der Waals surface area contributed by atoms with E-state index >= 15 is 0 Å². The van der Waals surface area contributed by atoms with E-state index in [4.69, 9.17) is 28.4 Å². The zero-order valence-electron chi connectivity index (χ0n) is 33.3. The van der Waals surface area contributed by atoms with E-state index in [2.05, 4.69) is 0 Å². The van der Waals surface area contributed by atoms with Crippen molar-refractivity contribution in [2.75, 3.05) is 21.2 Å². The molecule has 3 saturated heterocycles. The van der Waals surface area contributed by atoms with Gasteiger partial charge in [0.05, 0.1) is 53.7 Å². The number of cyclic esters (lactones) is 1. The zero-order valence-corrected chi connectivity index (χ0v) is 33.3. The predicted octanol–water partition coefficient (Wildman–Crippen LogP) is 0.756. The van der Waals surface area contributed by atoms with Crippen molar-refractivity contribution in [1.29, 1.82) is 0 Å². The van der Waals surface area contributed by atoms with Crippen LogP contribution >= 0.6 is 0 Å². The van der Waals surface area contributed by atoms with Crippen LogP contribution in [0, 0.1) is 23.7 Å². The van der Waals surface area contributed by atoms with Crippen molar-refractivity contribution in [1.82, 2.24) is 4.90 Å². The van der Waals surface area contributed by atoms with Crippen LogP contribution in [0.15, 0.2) is 0 Å². The number of Topliss-reactive ketones (excluding diaryl/α,β-unsaturated/α-hetero) is 1. The van der Waals surface area contributed by atoms with Gasteiger partial charge >= 0.3 is 5.97 Å². The van der Waals surface area contributed by atoms with Crippen LogP contribution in [0.5, 0.6) is 0 Å². The molecule has 0 radical (unpaired) electrons. The van der Waals surface area contributed by atoms with Crippen molar-refractivity contribution in [2.45, 2.75) is 179 Å². The summed E-state index contributed by atoms with van der Waals surface area (Å²) in [6.07, 6.45) is -12.4. The molecule has 15 nitrogen and oxygen atoms in total. The van der Waals surface area contributed by atoms with Gasteiger partial charge in [-0.2, -0.15) is 0 Å². The average Bonchev–Trinajstić information content (AvgIpc) is 3.05. The van der Waals surface area contributed by atoms with Gasteiger partial charge < -0.3 is 64.0 Å². The Balaban J connectivity index is 2.21. The van der Waals surface area contributed by atoms with Crippen LogP contribution in [-0.4, -0.2) is 159 Å². The lowest BCUT2D eigenvalue weighted by Crippen LogP contribution is -2.62. The van der Waals surface area contributed by atoms with Crippen LogP contribution in [0.3, 0.4) is 0 Å². The first-order chi connectivity index (χ1) is 23.8. The number of esters is 1. The highest BCUT2D eigenvalue weighted by atomic mass is 16.7. The third-order valence-electron chi connectivity index (χ3n) is 11.8. The molecule has 0 aromatic rings. The van der Waals surface area contributed by atoms with Gasteiger partial charge in [-0.05, 0) is 75.4 Å². The van der Waals surface area contributed by atoms with Crippen molar-refractivity contribution in [3.63, 3.8) is 0 Å². The lowest BCUT2D eigenvalue weighted by molar-refractivity contribution is -0.318. The number of hydrogen-bond acceptors (Lipinski definition) is 15. The summed E-state index contributed by atoms with van der Waals surface area (Å²) in [7, 11) is 5.12. The molecular formula is C37H67NO14. The molecule has 3 fully saturated rings. The molecule has 3 rings (SSSR count). The van der Waals surface area contributed by atoms with Gasteiger partial charge in [0, 0.05) is 37.3 Å². The van der Waals surface area contributed by atoms with Gasteiger partial charge in [-0.25, -0.2) is 0 Å². The maximum absolute atomic E-state index is 14.1. The Hall–Kier alpha value is -1.34. The lowest BCUT2D eigenvalue weighted by atomic mass is 9.74. The third kappa shape index (κ3) is 9.54. The van der Waals surface area contributed by atoms with E-state index in [-0.39, 0.29) is 25.0 Å². The number of ether oxygens (including phenoxy) is 6. The second-order valence-electron chi connectivity index (χ2n) is 16.7. The summed E-state index contributed by atoms with van der Waals surface area (Å²) in [6, 6.07) is -0.350. The molecule has 15 heteroatoms. The van der Waals surface area contributed by atoms with Gasteiger partial charge in [-0.15, -0.1) is 0 Å². The first-order valence-electron chi connectivity index (χ1n) is 18.5. The number of carbonyl (C=O) groups excluding carboxylic acids is 2. The van der Waals surface area contributed by atoms with Crippen LogP contribution < -0.4 is 0 Å². The second-order valence-corrected chi connectivity index (χ2v) is 16.7. The molecule has 0 aromatic carbocycles. The zero-order chi connectivity index (χ0) is 39.8. The Morgan fingerprint density at radius 3 is 2.02 bits per heavy atom. The second kappa shape index (κ2) is 17.2. The van der Waals surface area contributed by atoms with Gasteiger partial charge in [0.1, 0.15) is 23.6 Å². The minimum atomic E-state index is -2.27. The SMILES string of the molecule is CO[C@]1(C)C[C@H](O[C@H]2[C@H](C)[C@@H](O[C@@H]3O[C@H](C)C[C@H](N(C)C)[C@H]3O)[C@](C)(O)C[C@@H](C)C(=O)[C@H](C)[C@@H](O)[C@](C)(O)[C@@H](C(C)O)OC(=O)[C@@H]2C)O[C@@H](C)[C@@H]1O. The standard InChI is InChI=1S/C37H67NO14/c1-17-15-35(8,45)31(52-34-27(41)24(38(11)12)14-18(2)48-34)20(4)28(50-25-16-36(9,47-13)30(43)23(7)49-25)21(5)33(44)51-32(22(6)39)37(10,46)29(42)19(3)26(17)40/h17-25,27-32,34,39,41-43,45-46H,14-16H2,1-13H3/t17-,18-,19+,20+,21-,22?,23+,24+,25+,27-,28+,29-,30+,31-,32-,34+,35-,36-,37+/m1/s1.